The van der Waals surface area contributed by atoms with Crippen LogP contribution in [0.5, 0.6) is 0 Å². The van der Waals surface area contributed by atoms with E-state index in [1.807, 2.05) is 6.92 Å². The maximum atomic E-state index is 12.6. The summed E-state index contributed by atoms with van der Waals surface area (Å²) in [6, 6.07) is 1.63. The third kappa shape index (κ3) is 2.89. The van der Waals surface area contributed by atoms with E-state index in [1.165, 1.54) is 0 Å². The Labute approximate surface area is 122 Å². The van der Waals surface area contributed by atoms with Crippen LogP contribution in [0, 0.1) is 5.92 Å². The lowest BCUT2D eigenvalue weighted by molar-refractivity contribution is 0.403. The largest absolute Gasteiger partial charge is 0.452 e. The smallest absolute Gasteiger partial charge is 0.247 e. The van der Waals surface area contributed by atoms with Crippen LogP contribution in [0.1, 0.15) is 26.0 Å². The molecular formula is C12H19BrN2O3S. The Kier molecular flexibility index (Phi) is 4.39. The van der Waals surface area contributed by atoms with Crippen molar-refractivity contribution in [2.24, 2.45) is 5.92 Å². The fourth-order valence-corrected chi connectivity index (χ4v) is 5.28. The van der Waals surface area contributed by atoms with Crippen molar-refractivity contribution in [2.75, 3.05) is 13.6 Å². The molecule has 1 saturated heterocycles. The zero-order valence-electron chi connectivity index (χ0n) is 11.3. The molecule has 2 rings (SSSR count). The zero-order valence-corrected chi connectivity index (χ0v) is 13.7. The van der Waals surface area contributed by atoms with E-state index in [2.05, 4.69) is 28.2 Å². The average molecular weight is 351 g/mol. The first-order valence-corrected chi connectivity index (χ1v) is 8.54. The lowest BCUT2D eigenvalue weighted by Crippen LogP contribution is -2.33. The molecule has 1 fully saturated rings. The van der Waals surface area contributed by atoms with Gasteiger partial charge in [-0.2, -0.15) is 4.31 Å². The predicted molar refractivity (Wildman–Crippen MR) is 76.3 cm³/mol. The van der Waals surface area contributed by atoms with Gasteiger partial charge in [0.15, 0.2) is 4.67 Å². The Morgan fingerprint density at radius 1 is 1.53 bits per heavy atom. The van der Waals surface area contributed by atoms with Gasteiger partial charge in [0, 0.05) is 18.7 Å². The van der Waals surface area contributed by atoms with Gasteiger partial charge in [-0.1, -0.05) is 6.92 Å². The molecule has 0 radical (unpaired) electrons. The summed E-state index contributed by atoms with van der Waals surface area (Å²) >= 11 is 3.20. The number of hydrogen-bond donors (Lipinski definition) is 1. The first-order chi connectivity index (χ1) is 8.86. The molecule has 0 saturated carbocycles. The Balaban J connectivity index is 2.34. The van der Waals surface area contributed by atoms with Gasteiger partial charge in [0.1, 0.15) is 10.7 Å². The quantitative estimate of drug-likeness (QED) is 0.903. The lowest BCUT2D eigenvalue weighted by atomic mass is 10.1. The molecule has 0 aromatic carbocycles. The highest BCUT2D eigenvalue weighted by atomic mass is 79.9. The van der Waals surface area contributed by atoms with Crippen LogP contribution in [0.25, 0.3) is 0 Å². The number of halogens is 1. The molecule has 1 aromatic rings. The zero-order chi connectivity index (χ0) is 14.2. The summed E-state index contributed by atoms with van der Waals surface area (Å²) in [5.41, 5.74) is 0. The van der Waals surface area contributed by atoms with Gasteiger partial charge in [0.25, 0.3) is 0 Å². The van der Waals surface area contributed by atoms with Crippen LogP contribution in [0.2, 0.25) is 0 Å². The van der Waals surface area contributed by atoms with E-state index in [-0.39, 0.29) is 15.6 Å². The van der Waals surface area contributed by atoms with Crippen molar-refractivity contribution in [2.45, 2.75) is 37.8 Å². The number of nitrogens with one attached hydrogen (secondary N) is 1. The van der Waals surface area contributed by atoms with Crippen molar-refractivity contribution < 1.29 is 12.8 Å². The van der Waals surface area contributed by atoms with Crippen molar-refractivity contribution in [3.05, 3.63) is 16.5 Å². The number of furan rings is 1. The van der Waals surface area contributed by atoms with Gasteiger partial charge in [-0.05, 0) is 42.2 Å². The van der Waals surface area contributed by atoms with Crippen LogP contribution < -0.4 is 5.32 Å². The van der Waals surface area contributed by atoms with Gasteiger partial charge in [-0.15, -0.1) is 0 Å². The van der Waals surface area contributed by atoms with E-state index < -0.39 is 10.0 Å². The summed E-state index contributed by atoms with van der Waals surface area (Å²) in [6.45, 7) is 5.09. The maximum absolute atomic E-state index is 12.6. The minimum Gasteiger partial charge on any atom is -0.452 e. The van der Waals surface area contributed by atoms with E-state index >= 15 is 0 Å². The van der Waals surface area contributed by atoms with Crippen molar-refractivity contribution >= 4 is 26.0 Å². The number of rotatable bonds is 4. The second-order valence-electron chi connectivity index (χ2n) is 5.15. The minimum atomic E-state index is -3.48. The first-order valence-electron chi connectivity index (χ1n) is 6.31. The van der Waals surface area contributed by atoms with Gasteiger partial charge in [-0.3, -0.25) is 0 Å². The second kappa shape index (κ2) is 5.55. The van der Waals surface area contributed by atoms with E-state index in [0.717, 1.165) is 6.42 Å². The summed E-state index contributed by atoms with van der Waals surface area (Å²) in [5.74, 6) is 1.00. The highest BCUT2D eigenvalue weighted by Crippen LogP contribution is 2.34. The number of hydrogen-bond acceptors (Lipinski definition) is 4. The molecule has 0 aliphatic carbocycles. The number of sulfonamides is 1. The average Bonchev–Trinajstić information content (AvgIpc) is 2.83. The van der Waals surface area contributed by atoms with Gasteiger partial charge in [0.2, 0.25) is 10.0 Å². The fourth-order valence-electron chi connectivity index (χ4n) is 2.56. The molecule has 7 heteroatoms. The number of nitrogens with zero attached hydrogens (tertiary/aromatic N) is 1. The maximum Gasteiger partial charge on any atom is 0.247 e. The third-order valence-electron chi connectivity index (χ3n) is 3.37. The molecule has 0 spiro atoms. The summed E-state index contributed by atoms with van der Waals surface area (Å²) < 4.78 is 32.5. The Morgan fingerprint density at radius 3 is 2.74 bits per heavy atom. The summed E-state index contributed by atoms with van der Waals surface area (Å²) in [5, 5.41) is 2.94. The molecule has 1 N–H and O–H groups in total. The van der Waals surface area contributed by atoms with Gasteiger partial charge < -0.3 is 9.73 Å². The Morgan fingerprint density at radius 2 is 2.21 bits per heavy atom. The normalized spacial score (nSPS) is 25.1. The first kappa shape index (κ1) is 15.0. The van der Waals surface area contributed by atoms with Crippen LogP contribution in [-0.4, -0.2) is 32.4 Å². The van der Waals surface area contributed by atoms with Gasteiger partial charge in [-0.25, -0.2) is 8.42 Å². The minimum absolute atomic E-state index is 0.0366. The standard InChI is InChI=1S/C12H19BrN2O3S/c1-8-4-9(2)15(7-8)19(16,17)11-5-10(6-14-3)18-12(11)13/h5,8-9,14H,4,6-7H2,1-3H3. The summed E-state index contributed by atoms with van der Waals surface area (Å²) in [4.78, 5) is 0.221. The molecule has 1 aliphatic heterocycles. The van der Waals surface area contributed by atoms with E-state index in [4.69, 9.17) is 4.42 Å². The van der Waals surface area contributed by atoms with Gasteiger partial charge in [0.05, 0.1) is 6.54 Å². The van der Waals surface area contributed by atoms with Crippen molar-refractivity contribution in [3.63, 3.8) is 0 Å². The van der Waals surface area contributed by atoms with Crippen LogP contribution in [0.15, 0.2) is 20.0 Å². The molecule has 1 aliphatic rings. The van der Waals surface area contributed by atoms with E-state index in [9.17, 15) is 8.42 Å². The third-order valence-corrected chi connectivity index (χ3v) is 6.21. The monoisotopic (exact) mass is 350 g/mol. The fraction of sp³-hybridized carbons (Fsp3) is 0.667. The molecule has 1 aromatic heterocycles. The molecular weight excluding hydrogens is 332 g/mol. The lowest BCUT2D eigenvalue weighted by Gasteiger charge is -2.20. The molecule has 19 heavy (non-hydrogen) atoms. The summed E-state index contributed by atoms with van der Waals surface area (Å²) in [6.07, 6.45) is 0.901. The van der Waals surface area contributed by atoms with Crippen LogP contribution in [0.3, 0.4) is 0 Å². The predicted octanol–water partition coefficient (Wildman–Crippen LogP) is 2.18. The molecule has 0 amide bonds. The molecule has 2 heterocycles. The molecule has 2 unspecified atom stereocenters. The highest BCUT2D eigenvalue weighted by Gasteiger charge is 2.38. The molecule has 2 atom stereocenters. The Bertz CT molecular complexity index is 555. The highest BCUT2D eigenvalue weighted by molar-refractivity contribution is 9.10. The van der Waals surface area contributed by atoms with Crippen LogP contribution in [0.4, 0.5) is 0 Å². The van der Waals surface area contributed by atoms with E-state index in [0.29, 0.717) is 24.8 Å². The van der Waals surface area contributed by atoms with Gasteiger partial charge >= 0.3 is 0 Å². The SMILES string of the molecule is CNCc1cc(S(=O)(=O)N2CC(C)CC2C)c(Br)o1. The van der Waals surface area contributed by atoms with Crippen LogP contribution in [-0.2, 0) is 16.6 Å². The van der Waals surface area contributed by atoms with Crippen LogP contribution >= 0.6 is 15.9 Å². The van der Waals surface area contributed by atoms with Crippen molar-refractivity contribution in [1.29, 1.82) is 0 Å². The summed E-state index contributed by atoms with van der Waals surface area (Å²) in [7, 11) is -1.70. The second-order valence-corrected chi connectivity index (χ2v) is 7.72. The molecule has 5 nitrogen and oxygen atoms in total. The van der Waals surface area contributed by atoms with Crippen molar-refractivity contribution in [3.8, 4) is 0 Å². The molecule has 108 valence electrons. The topological polar surface area (TPSA) is 62.6 Å². The van der Waals surface area contributed by atoms with Crippen molar-refractivity contribution in [1.82, 2.24) is 9.62 Å². The van der Waals surface area contributed by atoms with E-state index in [1.54, 1.807) is 17.4 Å². The Hall–Kier alpha value is -0.370. The molecule has 0 bridgehead atoms.